The molecule has 6 aromatic carbocycles. The van der Waals surface area contributed by atoms with Crippen molar-refractivity contribution in [1.82, 2.24) is 4.98 Å². The Hall–Kier alpha value is -4.95. The summed E-state index contributed by atoms with van der Waals surface area (Å²) in [6, 6.07) is 47.7. The molecule has 0 aliphatic carbocycles. The third-order valence-electron chi connectivity index (χ3n) is 7.32. The highest BCUT2D eigenvalue weighted by Crippen LogP contribution is 2.48. The third kappa shape index (κ3) is 3.62. The van der Waals surface area contributed by atoms with Gasteiger partial charge in [0.2, 0.25) is 0 Å². The number of aryl methyl sites for hydroxylation is 1. The van der Waals surface area contributed by atoms with Crippen LogP contribution in [0.5, 0.6) is 0 Å². The lowest BCUT2D eigenvalue weighted by Crippen LogP contribution is -2.13. The summed E-state index contributed by atoms with van der Waals surface area (Å²) < 4.78 is 0. The average molecular weight is 487 g/mol. The van der Waals surface area contributed by atoms with Crippen LogP contribution in [0.25, 0.3) is 43.4 Å². The van der Waals surface area contributed by atoms with Crippen LogP contribution in [-0.2, 0) is 0 Å². The van der Waals surface area contributed by atoms with Gasteiger partial charge in [-0.1, -0.05) is 115 Å². The summed E-state index contributed by atoms with van der Waals surface area (Å²) in [6.45, 7) is 2.08. The maximum atomic E-state index is 4.89. The van der Waals surface area contributed by atoms with Crippen molar-refractivity contribution in [2.45, 2.75) is 6.92 Å². The molecule has 7 aromatic rings. The Labute approximate surface area is 222 Å². The zero-order valence-electron chi connectivity index (χ0n) is 21.2. The van der Waals surface area contributed by atoms with E-state index in [0.717, 1.165) is 22.8 Å². The van der Waals surface area contributed by atoms with Crippen LogP contribution in [0.1, 0.15) is 5.56 Å². The molecule has 0 atom stereocenters. The van der Waals surface area contributed by atoms with E-state index >= 15 is 0 Å². The lowest BCUT2D eigenvalue weighted by molar-refractivity contribution is 1.17. The van der Waals surface area contributed by atoms with Crippen LogP contribution in [0, 0.1) is 6.92 Å². The van der Waals surface area contributed by atoms with E-state index < -0.39 is 0 Å². The molecule has 1 heterocycles. The van der Waals surface area contributed by atoms with Crippen LogP contribution in [0.15, 0.2) is 140 Å². The van der Waals surface area contributed by atoms with Crippen molar-refractivity contribution in [1.29, 1.82) is 0 Å². The number of pyridine rings is 1. The van der Waals surface area contributed by atoms with Crippen molar-refractivity contribution in [2.24, 2.45) is 0 Å². The van der Waals surface area contributed by atoms with Crippen molar-refractivity contribution in [3.63, 3.8) is 0 Å². The minimum Gasteiger partial charge on any atom is -0.294 e. The van der Waals surface area contributed by atoms with E-state index in [0.29, 0.717) is 0 Å². The van der Waals surface area contributed by atoms with Gasteiger partial charge in [0.05, 0.1) is 5.69 Å². The molecule has 0 N–H and O–H groups in total. The van der Waals surface area contributed by atoms with Crippen molar-refractivity contribution in [3.05, 3.63) is 145 Å². The van der Waals surface area contributed by atoms with Gasteiger partial charge in [-0.05, 0) is 63.4 Å². The van der Waals surface area contributed by atoms with Gasteiger partial charge in [-0.3, -0.25) is 4.90 Å². The van der Waals surface area contributed by atoms with Gasteiger partial charge in [-0.25, -0.2) is 4.98 Å². The summed E-state index contributed by atoms with van der Waals surface area (Å²) >= 11 is 0. The molecule has 180 valence electrons. The molecule has 0 aliphatic rings. The maximum absolute atomic E-state index is 4.89. The molecule has 0 saturated carbocycles. The molecule has 0 amide bonds. The second-order valence-electron chi connectivity index (χ2n) is 9.71. The standard InChI is InChI=1S/C36H26N2/c1-25-22-23-34(37-24-25)38(27-14-3-2-4-15-27)36-32-19-9-7-17-30(32)35(31-18-8-10-20-33(31)36)29-21-11-13-26-12-5-6-16-28(26)29/h2-24H,1H3. The van der Waals surface area contributed by atoms with Crippen LogP contribution in [-0.4, -0.2) is 4.98 Å². The van der Waals surface area contributed by atoms with E-state index in [1.165, 1.54) is 43.4 Å². The second kappa shape index (κ2) is 9.17. The molecule has 0 spiro atoms. The first-order valence-corrected chi connectivity index (χ1v) is 13.0. The fraction of sp³-hybridized carbons (Fsp3) is 0.0278. The predicted octanol–water partition coefficient (Wildman–Crippen LogP) is 9.99. The fourth-order valence-electron chi connectivity index (χ4n) is 5.63. The van der Waals surface area contributed by atoms with E-state index in [1.54, 1.807) is 0 Å². The van der Waals surface area contributed by atoms with Crippen LogP contribution < -0.4 is 4.90 Å². The zero-order chi connectivity index (χ0) is 25.5. The van der Waals surface area contributed by atoms with Gasteiger partial charge in [0.25, 0.3) is 0 Å². The smallest absolute Gasteiger partial charge is 0.137 e. The topological polar surface area (TPSA) is 16.1 Å². The van der Waals surface area contributed by atoms with Gasteiger partial charge in [-0.2, -0.15) is 0 Å². The monoisotopic (exact) mass is 486 g/mol. The summed E-state index contributed by atoms with van der Waals surface area (Å²) in [7, 11) is 0. The number of hydrogen-bond acceptors (Lipinski definition) is 2. The first kappa shape index (κ1) is 22.3. The summed E-state index contributed by atoms with van der Waals surface area (Å²) in [5.74, 6) is 0.898. The minimum absolute atomic E-state index is 0.898. The third-order valence-corrected chi connectivity index (χ3v) is 7.32. The van der Waals surface area contributed by atoms with Gasteiger partial charge in [0, 0.05) is 22.7 Å². The Balaban J connectivity index is 1.64. The summed E-state index contributed by atoms with van der Waals surface area (Å²) in [5.41, 5.74) is 5.88. The number of benzene rings is 6. The van der Waals surface area contributed by atoms with E-state index in [1.807, 2.05) is 6.20 Å². The summed E-state index contributed by atoms with van der Waals surface area (Å²) in [6.07, 6.45) is 1.94. The van der Waals surface area contributed by atoms with E-state index in [2.05, 4.69) is 145 Å². The highest BCUT2D eigenvalue weighted by molar-refractivity contribution is 6.24. The van der Waals surface area contributed by atoms with Crippen LogP contribution in [0.3, 0.4) is 0 Å². The molecule has 2 nitrogen and oxygen atoms in total. The van der Waals surface area contributed by atoms with Gasteiger partial charge in [-0.15, -0.1) is 0 Å². The first-order chi connectivity index (χ1) is 18.8. The van der Waals surface area contributed by atoms with Crippen molar-refractivity contribution in [2.75, 3.05) is 4.90 Å². The average Bonchev–Trinajstić information content (AvgIpc) is 2.98. The van der Waals surface area contributed by atoms with Crippen molar-refractivity contribution >= 4 is 49.5 Å². The van der Waals surface area contributed by atoms with Gasteiger partial charge in [0.15, 0.2) is 0 Å². The number of hydrogen-bond donors (Lipinski definition) is 0. The molecule has 38 heavy (non-hydrogen) atoms. The summed E-state index contributed by atoms with van der Waals surface area (Å²) in [5, 5.41) is 7.35. The Morgan fingerprint density at radius 3 is 1.74 bits per heavy atom. The molecule has 0 bridgehead atoms. The van der Waals surface area contributed by atoms with E-state index in [4.69, 9.17) is 4.98 Å². The Morgan fingerprint density at radius 1 is 0.500 bits per heavy atom. The first-order valence-electron chi connectivity index (χ1n) is 13.0. The number of rotatable bonds is 4. The van der Waals surface area contributed by atoms with Crippen LogP contribution >= 0.6 is 0 Å². The molecular formula is C36H26N2. The normalized spacial score (nSPS) is 11.3. The van der Waals surface area contributed by atoms with Crippen LogP contribution in [0.4, 0.5) is 17.2 Å². The number of fused-ring (bicyclic) bond motifs is 3. The highest BCUT2D eigenvalue weighted by atomic mass is 15.2. The largest absolute Gasteiger partial charge is 0.294 e. The minimum atomic E-state index is 0.898. The maximum Gasteiger partial charge on any atom is 0.137 e. The van der Waals surface area contributed by atoms with E-state index in [9.17, 15) is 0 Å². The Morgan fingerprint density at radius 2 is 1.08 bits per heavy atom. The van der Waals surface area contributed by atoms with Gasteiger partial charge in [0.1, 0.15) is 5.82 Å². The molecule has 2 heteroatoms. The van der Waals surface area contributed by atoms with Gasteiger partial charge < -0.3 is 0 Å². The number of aromatic nitrogens is 1. The second-order valence-corrected chi connectivity index (χ2v) is 9.71. The Bertz CT molecular complexity index is 1860. The molecule has 7 rings (SSSR count). The molecule has 0 radical (unpaired) electrons. The van der Waals surface area contributed by atoms with E-state index in [-0.39, 0.29) is 0 Å². The Kier molecular flexibility index (Phi) is 5.37. The molecular weight excluding hydrogens is 460 g/mol. The molecule has 0 saturated heterocycles. The number of anilines is 3. The van der Waals surface area contributed by atoms with Crippen LogP contribution in [0.2, 0.25) is 0 Å². The van der Waals surface area contributed by atoms with Crippen molar-refractivity contribution in [3.8, 4) is 11.1 Å². The lowest BCUT2D eigenvalue weighted by atomic mass is 9.88. The lowest BCUT2D eigenvalue weighted by Gasteiger charge is -2.28. The molecule has 0 aliphatic heterocycles. The summed E-state index contributed by atoms with van der Waals surface area (Å²) in [4.78, 5) is 7.20. The predicted molar refractivity (Wildman–Crippen MR) is 162 cm³/mol. The SMILES string of the molecule is Cc1ccc(N(c2ccccc2)c2c3ccccc3c(-c3cccc4ccccc34)c3ccccc23)nc1. The fourth-order valence-corrected chi connectivity index (χ4v) is 5.63. The van der Waals surface area contributed by atoms with Crippen molar-refractivity contribution < 1.29 is 0 Å². The number of para-hydroxylation sites is 1. The zero-order valence-corrected chi connectivity index (χ0v) is 21.2. The number of nitrogens with zero attached hydrogens (tertiary/aromatic N) is 2. The molecule has 1 aromatic heterocycles. The highest BCUT2D eigenvalue weighted by Gasteiger charge is 2.22. The van der Waals surface area contributed by atoms with Gasteiger partial charge >= 0.3 is 0 Å². The quantitative estimate of drug-likeness (QED) is 0.230. The molecule has 0 unspecified atom stereocenters. The molecule has 0 fully saturated rings.